The molecule has 3 aromatic rings. The van der Waals surface area contributed by atoms with Crippen LogP contribution in [0, 0.1) is 0 Å². The summed E-state index contributed by atoms with van der Waals surface area (Å²) in [6, 6.07) is 21.7. The van der Waals surface area contributed by atoms with Crippen LogP contribution in [0.5, 0.6) is 5.75 Å². The van der Waals surface area contributed by atoms with Crippen LogP contribution in [0.25, 0.3) is 0 Å². The lowest BCUT2D eigenvalue weighted by Crippen LogP contribution is -2.14. The molecule has 154 valence electrons. The van der Waals surface area contributed by atoms with Crippen molar-refractivity contribution in [2.45, 2.75) is 26.4 Å². The van der Waals surface area contributed by atoms with Crippen molar-refractivity contribution in [3.8, 4) is 5.75 Å². The molecule has 0 spiro atoms. The van der Waals surface area contributed by atoms with Gasteiger partial charge in [0.1, 0.15) is 12.4 Å². The summed E-state index contributed by atoms with van der Waals surface area (Å²) < 4.78 is 5.79. The van der Waals surface area contributed by atoms with E-state index in [-0.39, 0.29) is 11.8 Å². The van der Waals surface area contributed by atoms with Crippen molar-refractivity contribution in [1.29, 1.82) is 0 Å². The van der Waals surface area contributed by atoms with E-state index in [2.05, 4.69) is 10.6 Å². The molecule has 0 saturated carbocycles. The van der Waals surface area contributed by atoms with Gasteiger partial charge in [0.25, 0.3) is 5.91 Å². The van der Waals surface area contributed by atoms with Crippen molar-refractivity contribution in [3.63, 3.8) is 0 Å². The van der Waals surface area contributed by atoms with Gasteiger partial charge in [-0.3, -0.25) is 9.59 Å². The Kier molecular flexibility index (Phi) is 7.46. The number of amides is 2. The van der Waals surface area contributed by atoms with E-state index in [4.69, 9.17) is 16.3 Å². The summed E-state index contributed by atoms with van der Waals surface area (Å²) in [7, 11) is 0. The zero-order chi connectivity index (χ0) is 21.3. The summed E-state index contributed by atoms with van der Waals surface area (Å²) in [5.74, 6) is 0.192. The third kappa shape index (κ3) is 6.09. The molecule has 0 aliphatic rings. The minimum Gasteiger partial charge on any atom is -0.489 e. The first-order valence-electron chi connectivity index (χ1n) is 9.72. The van der Waals surface area contributed by atoms with Crippen LogP contribution in [0.3, 0.4) is 0 Å². The zero-order valence-corrected chi connectivity index (χ0v) is 17.4. The highest BCUT2D eigenvalue weighted by atomic mass is 35.5. The zero-order valence-electron chi connectivity index (χ0n) is 16.7. The van der Waals surface area contributed by atoms with Crippen molar-refractivity contribution >= 4 is 34.8 Å². The molecule has 3 rings (SSSR count). The minimum atomic E-state index is -0.320. The topological polar surface area (TPSA) is 67.4 Å². The lowest BCUT2D eigenvalue weighted by atomic mass is 10.2. The molecule has 0 radical (unpaired) electrons. The molecule has 2 amide bonds. The summed E-state index contributed by atoms with van der Waals surface area (Å²) >= 11 is 6.22. The van der Waals surface area contributed by atoms with Gasteiger partial charge in [-0.15, -0.1) is 0 Å². The van der Waals surface area contributed by atoms with Crippen LogP contribution < -0.4 is 15.4 Å². The molecule has 0 aliphatic heterocycles. The average molecular weight is 423 g/mol. The maximum absolute atomic E-state index is 12.7. The number of hydrogen-bond donors (Lipinski definition) is 2. The van der Waals surface area contributed by atoms with Crippen LogP contribution >= 0.6 is 11.6 Å². The van der Waals surface area contributed by atoms with Gasteiger partial charge in [-0.05, 0) is 48.4 Å². The van der Waals surface area contributed by atoms with Gasteiger partial charge < -0.3 is 15.4 Å². The number of benzene rings is 3. The highest BCUT2D eigenvalue weighted by Crippen LogP contribution is 2.27. The molecule has 0 atom stereocenters. The molecule has 0 unspecified atom stereocenters. The molecule has 2 N–H and O–H groups in total. The lowest BCUT2D eigenvalue weighted by molar-refractivity contribution is -0.116. The Morgan fingerprint density at radius 3 is 2.50 bits per heavy atom. The standard InChI is InChI=1S/C24H23ClN2O3/c1-2-7-23(28)26-19-12-13-21(25)22(15-19)27-24(29)18-10-6-11-20(14-18)30-16-17-8-4-3-5-9-17/h3-6,8-15H,2,7,16H2,1H3,(H,26,28)(H,27,29). The summed E-state index contributed by atoms with van der Waals surface area (Å²) in [5, 5.41) is 5.97. The van der Waals surface area contributed by atoms with E-state index in [0.29, 0.717) is 40.7 Å². The normalized spacial score (nSPS) is 10.3. The van der Waals surface area contributed by atoms with Crippen molar-refractivity contribution in [3.05, 3.63) is 88.9 Å². The maximum Gasteiger partial charge on any atom is 0.255 e. The second-order valence-electron chi connectivity index (χ2n) is 6.75. The van der Waals surface area contributed by atoms with Gasteiger partial charge in [0, 0.05) is 17.7 Å². The van der Waals surface area contributed by atoms with Gasteiger partial charge in [-0.25, -0.2) is 0 Å². The van der Waals surface area contributed by atoms with Crippen LogP contribution in [-0.2, 0) is 11.4 Å². The number of carbonyl (C=O) groups is 2. The SMILES string of the molecule is CCCC(=O)Nc1ccc(Cl)c(NC(=O)c2cccc(OCc3ccccc3)c2)c1. The predicted octanol–water partition coefficient (Wildman–Crippen LogP) is 5.91. The fourth-order valence-corrected chi connectivity index (χ4v) is 2.98. The van der Waals surface area contributed by atoms with E-state index in [1.54, 1.807) is 42.5 Å². The maximum atomic E-state index is 12.7. The number of rotatable bonds is 8. The smallest absolute Gasteiger partial charge is 0.255 e. The first-order valence-corrected chi connectivity index (χ1v) is 10.1. The van der Waals surface area contributed by atoms with E-state index in [0.717, 1.165) is 12.0 Å². The molecule has 0 saturated heterocycles. The Balaban J connectivity index is 1.67. The van der Waals surface area contributed by atoms with E-state index in [9.17, 15) is 9.59 Å². The summed E-state index contributed by atoms with van der Waals surface area (Å²) in [4.78, 5) is 24.5. The monoisotopic (exact) mass is 422 g/mol. The molecule has 30 heavy (non-hydrogen) atoms. The number of halogens is 1. The Bertz CT molecular complexity index is 1020. The van der Waals surface area contributed by atoms with Crippen LogP contribution in [0.15, 0.2) is 72.8 Å². The highest BCUT2D eigenvalue weighted by molar-refractivity contribution is 6.34. The summed E-state index contributed by atoms with van der Waals surface area (Å²) in [6.45, 7) is 2.35. The van der Waals surface area contributed by atoms with Crippen LogP contribution in [-0.4, -0.2) is 11.8 Å². The fourth-order valence-electron chi connectivity index (χ4n) is 2.81. The highest BCUT2D eigenvalue weighted by Gasteiger charge is 2.11. The Morgan fingerprint density at radius 1 is 0.933 bits per heavy atom. The van der Waals surface area contributed by atoms with Crippen molar-refractivity contribution in [1.82, 2.24) is 0 Å². The van der Waals surface area contributed by atoms with E-state index in [1.807, 2.05) is 37.3 Å². The molecular weight excluding hydrogens is 400 g/mol. The van der Waals surface area contributed by atoms with E-state index < -0.39 is 0 Å². The molecule has 0 aromatic heterocycles. The Hall–Kier alpha value is -3.31. The van der Waals surface area contributed by atoms with Gasteiger partial charge in [-0.2, -0.15) is 0 Å². The lowest BCUT2D eigenvalue weighted by Gasteiger charge is -2.12. The molecular formula is C24H23ClN2O3. The number of ether oxygens (including phenoxy) is 1. The Morgan fingerprint density at radius 2 is 1.73 bits per heavy atom. The largest absolute Gasteiger partial charge is 0.489 e. The van der Waals surface area contributed by atoms with Gasteiger partial charge in [0.15, 0.2) is 0 Å². The first-order chi connectivity index (χ1) is 14.5. The molecule has 6 heteroatoms. The molecule has 0 heterocycles. The van der Waals surface area contributed by atoms with Gasteiger partial charge in [0.05, 0.1) is 10.7 Å². The van der Waals surface area contributed by atoms with Gasteiger partial charge in [0.2, 0.25) is 5.91 Å². The van der Waals surface area contributed by atoms with Crippen LogP contribution in [0.1, 0.15) is 35.7 Å². The summed E-state index contributed by atoms with van der Waals surface area (Å²) in [5.41, 5.74) is 2.48. The van der Waals surface area contributed by atoms with Gasteiger partial charge in [-0.1, -0.05) is 54.9 Å². The molecule has 0 fully saturated rings. The molecule has 3 aromatic carbocycles. The molecule has 0 bridgehead atoms. The second kappa shape index (κ2) is 10.5. The van der Waals surface area contributed by atoms with E-state index >= 15 is 0 Å². The predicted molar refractivity (Wildman–Crippen MR) is 120 cm³/mol. The average Bonchev–Trinajstić information content (AvgIpc) is 2.76. The minimum absolute atomic E-state index is 0.0830. The molecule has 0 aliphatic carbocycles. The molecule has 5 nitrogen and oxygen atoms in total. The number of hydrogen-bond acceptors (Lipinski definition) is 3. The number of carbonyl (C=O) groups excluding carboxylic acids is 2. The van der Waals surface area contributed by atoms with Gasteiger partial charge >= 0.3 is 0 Å². The van der Waals surface area contributed by atoms with Crippen molar-refractivity contribution in [2.75, 3.05) is 10.6 Å². The van der Waals surface area contributed by atoms with Crippen molar-refractivity contribution in [2.24, 2.45) is 0 Å². The fraction of sp³-hybridized carbons (Fsp3) is 0.167. The second-order valence-corrected chi connectivity index (χ2v) is 7.16. The number of nitrogens with one attached hydrogen (secondary N) is 2. The number of anilines is 2. The third-order valence-corrected chi connectivity index (χ3v) is 4.65. The van der Waals surface area contributed by atoms with Crippen LogP contribution in [0.4, 0.5) is 11.4 Å². The first kappa shape index (κ1) is 21.4. The van der Waals surface area contributed by atoms with Crippen molar-refractivity contribution < 1.29 is 14.3 Å². The summed E-state index contributed by atoms with van der Waals surface area (Å²) in [6.07, 6.45) is 1.19. The quantitative estimate of drug-likeness (QED) is 0.474. The van der Waals surface area contributed by atoms with E-state index in [1.165, 1.54) is 0 Å². The third-order valence-electron chi connectivity index (χ3n) is 4.32. The van der Waals surface area contributed by atoms with Crippen LogP contribution in [0.2, 0.25) is 5.02 Å². The Labute approximate surface area is 181 Å².